The van der Waals surface area contributed by atoms with E-state index in [2.05, 4.69) is 50.3 Å². The van der Waals surface area contributed by atoms with Crippen LogP contribution in [0.3, 0.4) is 0 Å². The lowest BCUT2D eigenvalue weighted by atomic mass is 10.1. The summed E-state index contributed by atoms with van der Waals surface area (Å²) in [5, 5.41) is 18.4. The van der Waals surface area contributed by atoms with Gasteiger partial charge in [0.05, 0.1) is 19.8 Å². The van der Waals surface area contributed by atoms with E-state index in [9.17, 15) is 24.2 Å². The Morgan fingerprint density at radius 1 is 0.462 bits per heavy atom. The van der Waals surface area contributed by atoms with Crippen LogP contribution in [-0.4, -0.2) is 65.7 Å². The number of phosphoric acid groups is 1. The summed E-state index contributed by atoms with van der Waals surface area (Å²) in [4.78, 5) is 35.2. The summed E-state index contributed by atoms with van der Waals surface area (Å²) in [6, 6.07) is 0. The molecule has 0 rings (SSSR count). The summed E-state index contributed by atoms with van der Waals surface area (Å²) in [6.45, 7) is 2.41. The molecule has 382 valence electrons. The van der Waals surface area contributed by atoms with Crippen LogP contribution in [0.5, 0.6) is 0 Å². The zero-order valence-corrected chi connectivity index (χ0v) is 42.9. The van der Waals surface area contributed by atoms with Crippen molar-refractivity contribution in [2.45, 2.75) is 270 Å². The standard InChI is InChI=1S/C54H101O10P/c1-3-5-7-9-11-13-15-17-19-21-23-25-27-29-31-33-35-37-39-41-43-45-53(57)61-49-52(50-63-65(59,60)62-48-51(56)47-55)64-54(58)46-44-42-40-38-36-34-32-30-28-26-24-22-20-18-16-14-12-10-8-6-4-2/h16,18,21-24,51-52,55-56H,3-15,17,19-20,25-50H2,1-2H3,(H,59,60)/b18-16-,23-21-,24-22-. The lowest BCUT2D eigenvalue weighted by Crippen LogP contribution is -2.29. The fourth-order valence-electron chi connectivity index (χ4n) is 7.61. The molecule has 0 heterocycles. The van der Waals surface area contributed by atoms with Crippen molar-refractivity contribution in [2.75, 3.05) is 26.4 Å². The van der Waals surface area contributed by atoms with E-state index < -0.39 is 51.8 Å². The third-order valence-corrected chi connectivity index (χ3v) is 12.7. The number of phosphoric ester groups is 1. The van der Waals surface area contributed by atoms with Gasteiger partial charge in [0, 0.05) is 12.8 Å². The summed E-state index contributed by atoms with van der Waals surface area (Å²) < 4.78 is 32.9. The molecule has 0 aromatic carbocycles. The summed E-state index contributed by atoms with van der Waals surface area (Å²) in [7, 11) is -4.63. The van der Waals surface area contributed by atoms with E-state index in [0.29, 0.717) is 12.8 Å². The Hall–Kier alpha value is -1.81. The number of hydrogen-bond acceptors (Lipinski definition) is 9. The number of unbranched alkanes of at least 4 members (excludes halogenated alkanes) is 31. The Morgan fingerprint density at radius 2 is 0.800 bits per heavy atom. The van der Waals surface area contributed by atoms with Crippen LogP contribution in [0.4, 0.5) is 0 Å². The smallest absolute Gasteiger partial charge is 0.462 e. The average Bonchev–Trinajstić information content (AvgIpc) is 3.30. The van der Waals surface area contributed by atoms with Crippen LogP contribution in [0.2, 0.25) is 0 Å². The topological polar surface area (TPSA) is 149 Å². The molecule has 0 saturated carbocycles. The first-order chi connectivity index (χ1) is 31.7. The molecule has 11 heteroatoms. The van der Waals surface area contributed by atoms with Crippen LogP contribution < -0.4 is 0 Å². The molecule has 0 aliphatic heterocycles. The quantitative estimate of drug-likeness (QED) is 0.0233. The van der Waals surface area contributed by atoms with E-state index in [1.165, 1.54) is 167 Å². The van der Waals surface area contributed by atoms with Crippen LogP contribution in [0.25, 0.3) is 0 Å². The number of carbonyl (C=O) groups excluding carboxylic acids is 2. The number of hydrogen-bond donors (Lipinski definition) is 3. The molecule has 3 unspecified atom stereocenters. The predicted molar refractivity (Wildman–Crippen MR) is 270 cm³/mol. The Bertz CT molecular complexity index is 1170. The molecule has 0 radical (unpaired) electrons. The minimum Gasteiger partial charge on any atom is -0.462 e. The maximum absolute atomic E-state index is 12.7. The van der Waals surface area contributed by atoms with Gasteiger partial charge in [0.25, 0.3) is 0 Å². The van der Waals surface area contributed by atoms with Gasteiger partial charge < -0.3 is 24.6 Å². The average molecular weight is 941 g/mol. The minimum atomic E-state index is -4.63. The first-order valence-electron chi connectivity index (χ1n) is 26.9. The molecule has 0 saturated heterocycles. The Balaban J connectivity index is 4.15. The summed E-state index contributed by atoms with van der Waals surface area (Å²) >= 11 is 0. The van der Waals surface area contributed by atoms with Crippen LogP contribution in [0.15, 0.2) is 36.5 Å². The zero-order valence-electron chi connectivity index (χ0n) is 42.0. The molecule has 65 heavy (non-hydrogen) atoms. The Kier molecular flexibility index (Phi) is 48.7. The molecule has 0 fully saturated rings. The maximum Gasteiger partial charge on any atom is 0.472 e. The monoisotopic (exact) mass is 941 g/mol. The first kappa shape index (κ1) is 63.2. The Morgan fingerprint density at radius 3 is 1.20 bits per heavy atom. The van der Waals surface area contributed by atoms with Crippen LogP contribution in [-0.2, 0) is 32.7 Å². The van der Waals surface area contributed by atoms with Crippen molar-refractivity contribution in [3.05, 3.63) is 36.5 Å². The van der Waals surface area contributed by atoms with Gasteiger partial charge in [-0.25, -0.2) is 4.57 Å². The third-order valence-electron chi connectivity index (χ3n) is 11.8. The van der Waals surface area contributed by atoms with Crippen molar-refractivity contribution in [1.82, 2.24) is 0 Å². The summed E-state index contributed by atoms with van der Waals surface area (Å²) in [6.07, 6.45) is 55.4. The molecule has 0 aromatic heterocycles. The molecular formula is C54H101O10P. The van der Waals surface area contributed by atoms with Gasteiger partial charge in [0.1, 0.15) is 12.7 Å². The normalized spacial score (nSPS) is 13.9. The zero-order chi connectivity index (χ0) is 47.6. The van der Waals surface area contributed by atoms with Crippen molar-refractivity contribution in [2.24, 2.45) is 0 Å². The number of carbonyl (C=O) groups is 2. The van der Waals surface area contributed by atoms with Crippen molar-refractivity contribution >= 4 is 19.8 Å². The second kappa shape index (κ2) is 50.1. The van der Waals surface area contributed by atoms with Gasteiger partial charge in [0.15, 0.2) is 6.10 Å². The fraction of sp³-hybridized carbons (Fsp3) is 0.852. The molecule has 3 atom stereocenters. The van der Waals surface area contributed by atoms with Gasteiger partial charge in [-0.1, -0.05) is 211 Å². The summed E-state index contributed by atoms with van der Waals surface area (Å²) in [5.41, 5.74) is 0. The second-order valence-electron chi connectivity index (χ2n) is 18.2. The van der Waals surface area contributed by atoms with Gasteiger partial charge in [0.2, 0.25) is 0 Å². The van der Waals surface area contributed by atoms with Gasteiger partial charge in [-0.05, 0) is 70.6 Å². The lowest BCUT2D eigenvalue weighted by Gasteiger charge is -2.20. The molecule has 0 aliphatic carbocycles. The number of allylic oxidation sites excluding steroid dienone is 6. The van der Waals surface area contributed by atoms with Gasteiger partial charge in [-0.15, -0.1) is 0 Å². The van der Waals surface area contributed by atoms with E-state index in [0.717, 1.165) is 51.4 Å². The first-order valence-corrected chi connectivity index (χ1v) is 28.4. The number of ether oxygens (including phenoxy) is 2. The van der Waals surface area contributed by atoms with Crippen LogP contribution >= 0.6 is 7.82 Å². The SMILES string of the molecule is CCCCCCC/C=C\C/C=C\CCCCCCCCCCCC(=O)OC(COC(=O)CCCCCCCCCCC/C=C\CCCCCCCCCC)COP(=O)(O)OCC(O)CO. The number of aliphatic hydroxyl groups excluding tert-OH is 2. The van der Waals surface area contributed by atoms with E-state index in [1.54, 1.807) is 0 Å². The van der Waals surface area contributed by atoms with Crippen LogP contribution in [0.1, 0.15) is 258 Å². The third kappa shape index (κ3) is 49.9. The Labute approximate surface area is 399 Å². The second-order valence-corrected chi connectivity index (χ2v) is 19.7. The van der Waals surface area contributed by atoms with E-state index in [-0.39, 0.29) is 19.4 Å². The van der Waals surface area contributed by atoms with Gasteiger partial charge in [-0.3, -0.25) is 18.6 Å². The molecule has 0 aromatic rings. The molecule has 10 nitrogen and oxygen atoms in total. The van der Waals surface area contributed by atoms with Crippen molar-refractivity contribution in [1.29, 1.82) is 0 Å². The highest BCUT2D eigenvalue weighted by Crippen LogP contribution is 2.43. The molecule has 0 amide bonds. The van der Waals surface area contributed by atoms with Crippen molar-refractivity contribution in [3.8, 4) is 0 Å². The molecule has 0 bridgehead atoms. The molecule has 3 N–H and O–H groups in total. The number of aliphatic hydroxyl groups is 2. The van der Waals surface area contributed by atoms with Crippen molar-refractivity contribution in [3.63, 3.8) is 0 Å². The molecular weight excluding hydrogens is 840 g/mol. The highest BCUT2D eigenvalue weighted by atomic mass is 31.2. The lowest BCUT2D eigenvalue weighted by molar-refractivity contribution is -0.161. The maximum atomic E-state index is 12.7. The van der Waals surface area contributed by atoms with E-state index in [1.807, 2.05) is 0 Å². The van der Waals surface area contributed by atoms with Gasteiger partial charge >= 0.3 is 19.8 Å². The van der Waals surface area contributed by atoms with Crippen molar-refractivity contribution < 1.29 is 47.8 Å². The minimum absolute atomic E-state index is 0.180. The highest BCUT2D eigenvalue weighted by molar-refractivity contribution is 7.47. The van der Waals surface area contributed by atoms with E-state index in [4.69, 9.17) is 23.6 Å². The highest BCUT2D eigenvalue weighted by Gasteiger charge is 2.27. The summed E-state index contributed by atoms with van der Waals surface area (Å²) in [5.74, 6) is -0.922. The predicted octanol–water partition coefficient (Wildman–Crippen LogP) is 15.5. The van der Waals surface area contributed by atoms with Gasteiger partial charge in [-0.2, -0.15) is 0 Å². The molecule has 0 aliphatic rings. The fourth-order valence-corrected chi connectivity index (χ4v) is 8.40. The largest absolute Gasteiger partial charge is 0.472 e. The number of rotatable bonds is 51. The van der Waals surface area contributed by atoms with Crippen LogP contribution in [0, 0.1) is 0 Å². The molecule has 0 spiro atoms. The number of esters is 2. The van der Waals surface area contributed by atoms with E-state index >= 15 is 0 Å².